The Bertz CT molecular complexity index is 1820. The summed E-state index contributed by atoms with van der Waals surface area (Å²) in [5, 5.41) is 3.62. The van der Waals surface area contributed by atoms with E-state index in [0.29, 0.717) is 17.1 Å². The molecule has 1 saturated heterocycles. The number of hydrogen-bond donors (Lipinski definition) is 1. The average Bonchev–Trinajstić information content (AvgIpc) is 3.10. The fourth-order valence-electron chi connectivity index (χ4n) is 5.59. The van der Waals surface area contributed by atoms with E-state index >= 15 is 0 Å². The van der Waals surface area contributed by atoms with Crippen molar-refractivity contribution in [2.75, 3.05) is 20.8 Å². The normalized spacial score (nSPS) is 21.1. The molecule has 4 rings (SSSR count). The molecular weight excluding hydrogens is 658 g/mol. The van der Waals surface area contributed by atoms with Crippen molar-refractivity contribution in [2.24, 2.45) is 5.11 Å². The fourth-order valence-corrected chi connectivity index (χ4v) is 5.59. The van der Waals surface area contributed by atoms with Crippen molar-refractivity contribution in [1.82, 2.24) is 9.55 Å². The summed E-state index contributed by atoms with van der Waals surface area (Å²) in [6, 6.07) is 13.7. The third-order valence-electron chi connectivity index (χ3n) is 7.92. The molecule has 1 aliphatic rings. The number of H-pyrrole nitrogens is 1. The lowest BCUT2D eigenvalue weighted by atomic mass is 9.79. The fraction of sp³-hybridized carbons (Fsp3) is 0.424. The summed E-state index contributed by atoms with van der Waals surface area (Å²) < 4.78 is 41.8. The number of methoxy groups -OCH3 is 2. The molecule has 1 aliphatic heterocycles. The molecule has 0 spiro atoms. The molecule has 17 nitrogen and oxygen atoms in total. The zero-order valence-corrected chi connectivity index (χ0v) is 28.0. The first kappa shape index (κ1) is 37.2. The minimum absolute atomic E-state index is 0.0756. The molecular formula is C33H37N5O12. The Morgan fingerprint density at radius 2 is 1.74 bits per heavy atom. The number of carbonyl (C=O) groups excluding carboxylic acids is 3. The first-order chi connectivity index (χ1) is 23.9. The lowest BCUT2D eigenvalue weighted by Crippen LogP contribution is -2.67. The first-order valence-corrected chi connectivity index (χ1v) is 15.3. The topological polar surface area (TPSA) is 219 Å². The number of nitrogens with zero attached hydrogens (tertiary/aromatic N) is 4. The second-order valence-corrected chi connectivity index (χ2v) is 11.3. The number of benzene rings is 2. The lowest BCUT2D eigenvalue weighted by molar-refractivity contribution is -0.297. The zero-order chi connectivity index (χ0) is 36.4. The van der Waals surface area contributed by atoms with Gasteiger partial charge in [0.05, 0.1) is 26.9 Å². The van der Waals surface area contributed by atoms with E-state index in [4.69, 9.17) is 33.2 Å². The number of rotatable bonds is 14. The van der Waals surface area contributed by atoms with Gasteiger partial charge in [-0.25, -0.2) is 4.79 Å². The van der Waals surface area contributed by atoms with Crippen LogP contribution in [0.4, 0.5) is 0 Å². The van der Waals surface area contributed by atoms with Gasteiger partial charge in [0.25, 0.3) is 5.56 Å². The second-order valence-electron chi connectivity index (χ2n) is 11.3. The van der Waals surface area contributed by atoms with Crippen LogP contribution in [0.15, 0.2) is 75.5 Å². The monoisotopic (exact) mass is 695 g/mol. The standard InChI is InChI=1S/C33H37N5O12/c1-19-16-38(32(43)35-29(19)41)30-28(49-21(3)40)33(47-17-22-9-7-6-8-10-22,15-25(50-30)27(36-37-34)31(42)45-5)26(48-20(2)39)18-46-24-13-11-23(44-4)12-14-24/h6-14,16,25-28,30H,15,17-18H2,1-5H3,(H,35,41,43)/t25-,26-,27+,28+,30-,33-/m1/s1. The number of hydrogen-bond acceptors (Lipinski definition) is 13. The van der Waals surface area contributed by atoms with Crippen LogP contribution in [-0.2, 0) is 44.7 Å². The highest BCUT2D eigenvalue weighted by Gasteiger charge is 2.61. The molecule has 0 radical (unpaired) electrons. The van der Waals surface area contributed by atoms with Crippen LogP contribution >= 0.6 is 0 Å². The Labute approximate surface area is 285 Å². The van der Waals surface area contributed by atoms with Crippen LogP contribution in [0.5, 0.6) is 11.5 Å². The van der Waals surface area contributed by atoms with Gasteiger partial charge in [-0.05, 0) is 42.3 Å². The van der Waals surface area contributed by atoms with Crippen LogP contribution in [0.2, 0.25) is 0 Å². The molecule has 6 atom stereocenters. The third kappa shape index (κ3) is 8.68. The summed E-state index contributed by atoms with van der Waals surface area (Å²) in [5.41, 5.74) is 6.48. The average molecular weight is 696 g/mol. The van der Waals surface area contributed by atoms with E-state index in [9.17, 15) is 29.5 Å². The Morgan fingerprint density at radius 1 is 1.06 bits per heavy atom. The molecule has 0 amide bonds. The van der Waals surface area contributed by atoms with Gasteiger partial charge >= 0.3 is 23.6 Å². The Hall–Kier alpha value is -5.64. The van der Waals surface area contributed by atoms with Gasteiger partial charge in [0.2, 0.25) is 0 Å². The van der Waals surface area contributed by atoms with Crippen molar-refractivity contribution in [1.29, 1.82) is 0 Å². The van der Waals surface area contributed by atoms with Gasteiger partial charge in [-0.15, -0.1) is 0 Å². The van der Waals surface area contributed by atoms with Crippen molar-refractivity contribution in [3.05, 3.63) is 103 Å². The van der Waals surface area contributed by atoms with Crippen LogP contribution in [0, 0.1) is 6.92 Å². The van der Waals surface area contributed by atoms with Crippen molar-refractivity contribution < 1.29 is 47.5 Å². The Kier molecular flexibility index (Phi) is 12.4. The van der Waals surface area contributed by atoms with E-state index in [1.165, 1.54) is 20.2 Å². The molecule has 0 unspecified atom stereocenters. The van der Waals surface area contributed by atoms with Crippen LogP contribution in [-0.4, -0.2) is 78.2 Å². The zero-order valence-electron chi connectivity index (χ0n) is 28.0. The molecule has 0 bridgehead atoms. The van der Waals surface area contributed by atoms with Crippen LogP contribution in [0.25, 0.3) is 10.4 Å². The van der Waals surface area contributed by atoms with E-state index in [0.717, 1.165) is 25.5 Å². The highest BCUT2D eigenvalue weighted by Crippen LogP contribution is 2.45. The highest BCUT2D eigenvalue weighted by atomic mass is 16.6. The molecule has 3 aromatic rings. The minimum atomic E-state index is -2.01. The SMILES string of the molecule is COC(=O)[C@@H](N=[N+]=[N-])[C@H]1C[C@@](OCc2ccccc2)([C@@H](COc2ccc(OC)cc2)OC(C)=O)[C@@H](OC(C)=O)[C@H](n2cc(C)c(=O)[nH]c2=O)O1. The molecule has 266 valence electrons. The van der Waals surface area contributed by atoms with Crippen molar-refractivity contribution in [3.63, 3.8) is 0 Å². The van der Waals surface area contributed by atoms with Gasteiger partial charge < -0.3 is 33.2 Å². The number of aryl methyl sites for hydroxylation is 1. The summed E-state index contributed by atoms with van der Waals surface area (Å²) in [6.45, 7) is 3.09. The largest absolute Gasteiger partial charge is 0.497 e. The number of aromatic nitrogens is 2. The lowest BCUT2D eigenvalue weighted by Gasteiger charge is -2.52. The van der Waals surface area contributed by atoms with E-state index in [-0.39, 0.29) is 12.2 Å². The number of azide groups is 1. The summed E-state index contributed by atoms with van der Waals surface area (Å²) in [4.78, 5) is 69.4. The van der Waals surface area contributed by atoms with Gasteiger partial charge in [-0.1, -0.05) is 35.4 Å². The summed E-state index contributed by atoms with van der Waals surface area (Å²) in [5.74, 6) is -1.75. The summed E-state index contributed by atoms with van der Waals surface area (Å²) in [6.07, 6.45) is -5.47. The maximum Gasteiger partial charge on any atom is 0.330 e. The Balaban J connectivity index is 2.00. The Morgan fingerprint density at radius 3 is 2.34 bits per heavy atom. The molecule has 1 aromatic heterocycles. The predicted octanol–water partition coefficient (Wildman–Crippen LogP) is 2.89. The van der Waals surface area contributed by atoms with Gasteiger partial charge in [-0.3, -0.25) is 28.7 Å². The number of ether oxygens (including phenoxy) is 7. The molecule has 2 aromatic carbocycles. The van der Waals surface area contributed by atoms with Gasteiger partial charge in [0.15, 0.2) is 30.1 Å². The molecule has 1 fully saturated rings. The molecule has 0 saturated carbocycles. The van der Waals surface area contributed by atoms with Crippen LogP contribution < -0.4 is 20.7 Å². The predicted molar refractivity (Wildman–Crippen MR) is 173 cm³/mol. The van der Waals surface area contributed by atoms with E-state index < -0.39 is 78.4 Å². The summed E-state index contributed by atoms with van der Waals surface area (Å²) >= 11 is 0. The van der Waals surface area contributed by atoms with Crippen molar-refractivity contribution >= 4 is 17.9 Å². The molecule has 50 heavy (non-hydrogen) atoms. The highest BCUT2D eigenvalue weighted by molar-refractivity contribution is 5.76. The van der Waals surface area contributed by atoms with Crippen molar-refractivity contribution in [3.8, 4) is 11.5 Å². The van der Waals surface area contributed by atoms with Gasteiger partial charge in [-0.2, -0.15) is 0 Å². The van der Waals surface area contributed by atoms with E-state index in [2.05, 4.69) is 15.0 Å². The van der Waals surface area contributed by atoms with Crippen LogP contribution in [0.1, 0.15) is 37.6 Å². The third-order valence-corrected chi connectivity index (χ3v) is 7.92. The number of aromatic amines is 1. The molecule has 17 heteroatoms. The van der Waals surface area contributed by atoms with Gasteiger partial charge in [0.1, 0.15) is 18.1 Å². The maximum atomic E-state index is 13.4. The first-order valence-electron chi connectivity index (χ1n) is 15.3. The second kappa shape index (κ2) is 16.6. The smallest absolute Gasteiger partial charge is 0.330 e. The van der Waals surface area contributed by atoms with Crippen molar-refractivity contribution in [2.45, 2.75) is 70.0 Å². The van der Waals surface area contributed by atoms with Gasteiger partial charge in [0, 0.05) is 36.9 Å². The maximum absolute atomic E-state index is 13.4. The van der Waals surface area contributed by atoms with E-state index in [1.54, 1.807) is 54.6 Å². The molecule has 0 aliphatic carbocycles. The summed E-state index contributed by atoms with van der Waals surface area (Å²) in [7, 11) is 2.57. The molecule has 2 heterocycles. The number of nitrogens with one attached hydrogen (secondary N) is 1. The number of carbonyl (C=O) groups is 3. The quantitative estimate of drug-likeness (QED) is 0.0846. The minimum Gasteiger partial charge on any atom is -0.497 e. The molecule has 1 N–H and O–H groups in total. The number of esters is 3. The van der Waals surface area contributed by atoms with E-state index in [1.807, 2.05) is 0 Å². The van der Waals surface area contributed by atoms with Crippen LogP contribution in [0.3, 0.4) is 0 Å².